The van der Waals surface area contributed by atoms with Crippen molar-refractivity contribution in [3.63, 3.8) is 0 Å². The molecule has 2 aliphatic heterocycles. The first-order chi connectivity index (χ1) is 9.35. The monoisotopic (exact) mass is 285 g/mol. The van der Waals surface area contributed by atoms with Crippen LogP contribution in [0.25, 0.3) is 0 Å². The van der Waals surface area contributed by atoms with Crippen LogP contribution in [0.5, 0.6) is 0 Å². The first-order valence-corrected chi connectivity index (χ1v) is 6.96. The Morgan fingerprint density at radius 3 is 2.30 bits per heavy atom. The van der Waals surface area contributed by atoms with Crippen molar-refractivity contribution < 1.29 is 19.1 Å². The molecule has 0 unspecified atom stereocenters. The van der Waals surface area contributed by atoms with E-state index in [2.05, 4.69) is 5.32 Å². The summed E-state index contributed by atoms with van der Waals surface area (Å²) in [6.45, 7) is 8.93. The van der Waals surface area contributed by atoms with Crippen molar-refractivity contribution in [3.8, 4) is 0 Å². The van der Waals surface area contributed by atoms with Gasteiger partial charge < -0.3 is 24.6 Å². The second kappa shape index (κ2) is 5.87. The van der Waals surface area contributed by atoms with E-state index in [9.17, 15) is 9.59 Å². The predicted octanol–water partition coefficient (Wildman–Crippen LogP) is 0.647. The molecule has 0 aromatic heterocycles. The Balaban J connectivity index is 1.68. The van der Waals surface area contributed by atoms with Crippen LogP contribution in [0.4, 0.5) is 9.59 Å². The number of nitrogens with one attached hydrogen (secondary N) is 1. The van der Waals surface area contributed by atoms with Crippen molar-refractivity contribution in [2.24, 2.45) is 0 Å². The van der Waals surface area contributed by atoms with Gasteiger partial charge in [0.25, 0.3) is 0 Å². The number of amides is 3. The maximum atomic E-state index is 11.9. The van der Waals surface area contributed by atoms with Gasteiger partial charge in [-0.05, 0) is 20.8 Å². The number of likely N-dealkylation sites (tertiary alicyclic amines) is 1. The van der Waals surface area contributed by atoms with Crippen LogP contribution in [-0.2, 0) is 9.47 Å². The molecule has 0 aromatic rings. The van der Waals surface area contributed by atoms with E-state index in [1.165, 1.54) is 0 Å². The molecule has 2 rings (SSSR count). The molecule has 114 valence electrons. The van der Waals surface area contributed by atoms with Crippen molar-refractivity contribution in [1.82, 2.24) is 15.1 Å². The predicted molar refractivity (Wildman–Crippen MR) is 72.5 cm³/mol. The summed E-state index contributed by atoms with van der Waals surface area (Å²) in [5, 5.41) is 2.92. The van der Waals surface area contributed by atoms with Crippen LogP contribution in [-0.4, -0.2) is 73.0 Å². The summed E-state index contributed by atoms with van der Waals surface area (Å²) in [4.78, 5) is 27.0. The van der Waals surface area contributed by atoms with Crippen molar-refractivity contribution in [2.75, 3.05) is 39.4 Å². The van der Waals surface area contributed by atoms with Crippen LogP contribution < -0.4 is 5.32 Å². The SMILES string of the molecule is CC(C)(C)OC(=O)N1CC(NC(=O)N2CCOCC2)C1. The highest BCUT2D eigenvalue weighted by Crippen LogP contribution is 2.15. The number of morpholine rings is 1. The van der Waals surface area contributed by atoms with Gasteiger partial charge in [0, 0.05) is 26.2 Å². The standard InChI is InChI=1S/C13H23N3O4/c1-13(2,3)20-12(18)16-8-10(9-16)14-11(17)15-4-6-19-7-5-15/h10H,4-9H2,1-3H3,(H,14,17). The van der Waals surface area contributed by atoms with E-state index in [0.29, 0.717) is 39.4 Å². The van der Waals surface area contributed by atoms with E-state index in [1.807, 2.05) is 20.8 Å². The molecular weight excluding hydrogens is 262 g/mol. The zero-order valence-electron chi connectivity index (χ0n) is 12.3. The van der Waals surface area contributed by atoms with Crippen molar-refractivity contribution in [2.45, 2.75) is 32.4 Å². The average molecular weight is 285 g/mol. The van der Waals surface area contributed by atoms with E-state index >= 15 is 0 Å². The van der Waals surface area contributed by atoms with E-state index < -0.39 is 5.60 Å². The fourth-order valence-electron chi connectivity index (χ4n) is 2.08. The van der Waals surface area contributed by atoms with Gasteiger partial charge in [-0.1, -0.05) is 0 Å². The zero-order valence-corrected chi connectivity index (χ0v) is 12.3. The number of hydrogen-bond acceptors (Lipinski definition) is 4. The fraction of sp³-hybridized carbons (Fsp3) is 0.846. The summed E-state index contributed by atoms with van der Waals surface area (Å²) < 4.78 is 10.5. The number of rotatable bonds is 1. The molecule has 2 saturated heterocycles. The van der Waals surface area contributed by atoms with E-state index in [1.54, 1.807) is 9.80 Å². The maximum absolute atomic E-state index is 11.9. The summed E-state index contributed by atoms with van der Waals surface area (Å²) in [6, 6.07) is -0.0694. The number of carbonyl (C=O) groups is 2. The molecule has 0 aromatic carbocycles. The number of carbonyl (C=O) groups excluding carboxylic acids is 2. The lowest BCUT2D eigenvalue weighted by molar-refractivity contribution is 0.00486. The van der Waals surface area contributed by atoms with Crippen LogP contribution in [0, 0.1) is 0 Å². The average Bonchev–Trinajstić information content (AvgIpc) is 2.31. The van der Waals surface area contributed by atoms with E-state index in [0.717, 1.165) is 0 Å². The molecule has 0 saturated carbocycles. The Bertz CT molecular complexity index is 368. The minimum Gasteiger partial charge on any atom is -0.444 e. The molecule has 7 nitrogen and oxygen atoms in total. The van der Waals surface area contributed by atoms with Gasteiger partial charge in [0.05, 0.1) is 19.3 Å². The summed E-state index contributed by atoms with van der Waals surface area (Å²) in [5.74, 6) is 0. The highest BCUT2D eigenvalue weighted by Gasteiger charge is 2.35. The quantitative estimate of drug-likeness (QED) is 0.768. The Kier molecular flexibility index (Phi) is 4.37. The normalized spacial score (nSPS) is 20.4. The molecule has 0 atom stereocenters. The third-order valence-electron chi connectivity index (χ3n) is 3.16. The van der Waals surface area contributed by atoms with Gasteiger partial charge in [-0.25, -0.2) is 9.59 Å². The molecule has 0 aliphatic carbocycles. The van der Waals surface area contributed by atoms with Gasteiger partial charge in [0.15, 0.2) is 0 Å². The molecule has 3 amide bonds. The number of urea groups is 1. The number of ether oxygens (including phenoxy) is 2. The Morgan fingerprint density at radius 2 is 1.75 bits per heavy atom. The Labute approximate surface area is 119 Å². The second-order valence-electron chi connectivity index (χ2n) is 6.13. The van der Waals surface area contributed by atoms with Gasteiger partial charge in [0.2, 0.25) is 0 Å². The Morgan fingerprint density at radius 1 is 1.15 bits per heavy atom. The van der Waals surface area contributed by atoms with Crippen molar-refractivity contribution in [3.05, 3.63) is 0 Å². The largest absolute Gasteiger partial charge is 0.444 e. The molecule has 2 aliphatic rings. The summed E-state index contributed by atoms with van der Waals surface area (Å²) in [5.41, 5.74) is -0.487. The van der Waals surface area contributed by atoms with E-state index in [4.69, 9.17) is 9.47 Å². The molecular formula is C13H23N3O4. The highest BCUT2D eigenvalue weighted by atomic mass is 16.6. The minimum absolute atomic E-state index is 0.0119. The summed E-state index contributed by atoms with van der Waals surface area (Å²) >= 11 is 0. The van der Waals surface area contributed by atoms with Gasteiger partial charge in [-0.2, -0.15) is 0 Å². The van der Waals surface area contributed by atoms with Crippen molar-refractivity contribution >= 4 is 12.1 Å². The smallest absolute Gasteiger partial charge is 0.410 e. The lowest BCUT2D eigenvalue weighted by Crippen LogP contribution is -2.63. The topological polar surface area (TPSA) is 71.1 Å². The third-order valence-corrected chi connectivity index (χ3v) is 3.16. The highest BCUT2D eigenvalue weighted by molar-refractivity contribution is 5.75. The second-order valence-corrected chi connectivity index (χ2v) is 6.13. The summed E-state index contributed by atoms with van der Waals surface area (Å²) in [6.07, 6.45) is -0.325. The van der Waals surface area contributed by atoms with Crippen LogP contribution in [0.1, 0.15) is 20.8 Å². The molecule has 1 N–H and O–H groups in total. The van der Waals surface area contributed by atoms with Crippen LogP contribution >= 0.6 is 0 Å². The molecule has 0 radical (unpaired) electrons. The van der Waals surface area contributed by atoms with Gasteiger partial charge >= 0.3 is 12.1 Å². The van der Waals surface area contributed by atoms with Crippen LogP contribution in [0.3, 0.4) is 0 Å². The van der Waals surface area contributed by atoms with Crippen molar-refractivity contribution in [1.29, 1.82) is 0 Å². The molecule has 2 fully saturated rings. The lowest BCUT2D eigenvalue weighted by atomic mass is 10.1. The maximum Gasteiger partial charge on any atom is 0.410 e. The first kappa shape index (κ1) is 14.9. The Hall–Kier alpha value is -1.50. The minimum atomic E-state index is -0.487. The molecule has 20 heavy (non-hydrogen) atoms. The van der Waals surface area contributed by atoms with Gasteiger partial charge in [0.1, 0.15) is 5.60 Å². The molecule has 0 spiro atoms. The third kappa shape index (κ3) is 4.00. The molecule has 0 bridgehead atoms. The van der Waals surface area contributed by atoms with Crippen LogP contribution in [0.15, 0.2) is 0 Å². The number of hydrogen-bond donors (Lipinski definition) is 1. The summed E-state index contributed by atoms with van der Waals surface area (Å²) in [7, 11) is 0. The molecule has 7 heteroatoms. The molecule has 2 heterocycles. The first-order valence-electron chi connectivity index (χ1n) is 6.96. The van der Waals surface area contributed by atoms with Gasteiger partial charge in [-0.3, -0.25) is 0 Å². The lowest BCUT2D eigenvalue weighted by Gasteiger charge is -2.41. The van der Waals surface area contributed by atoms with Gasteiger partial charge in [-0.15, -0.1) is 0 Å². The zero-order chi connectivity index (χ0) is 14.8. The fourth-order valence-corrected chi connectivity index (χ4v) is 2.08. The number of nitrogens with zero attached hydrogens (tertiary/aromatic N) is 2. The van der Waals surface area contributed by atoms with E-state index in [-0.39, 0.29) is 18.2 Å². The van der Waals surface area contributed by atoms with Crippen LogP contribution in [0.2, 0.25) is 0 Å².